The molecule has 0 aromatic carbocycles. The second-order valence-electron chi connectivity index (χ2n) is 36.4. The maximum Gasteiger partial charge on any atom is 3.00 e. The maximum atomic E-state index is 10.2. The molecule has 0 aliphatic heterocycles. The van der Waals surface area contributed by atoms with Gasteiger partial charge in [0.1, 0.15) is 0 Å². The normalized spacial score (nSPS) is 10.7. The van der Waals surface area contributed by atoms with Crippen LogP contribution in [-0.2, 0) is 28.8 Å². The average molecular weight is 1830 g/mol. The average Bonchev–Trinajstić information content (AvgIpc) is 1.20. The fourth-order valence-corrected chi connectivity index (χ4v) is 15.8. The van der Waals surface area contributed by atoms with Crippen LogP contribution in [0.25, 0.3) is 0 Å². The van der Waals surface area contributed by atoms with E-state index in [-0.39, 0.29) is 71.4 Å². The van der Waals surface area contributed by atoms with E-state index in [1.165, 1.54) is 501 Å². The summed E-state index contributed by atoms with van der Waals surface area (Å²) in [5.41, 5.74) is 0. The molecule has 0 aromatic heterocycles. The molecule has 12 nitrogen and oxygen atoms in total. The number of rotatable bonds is 96. The number of hydrogen-bond acceptors (Lipinski definition) is 12. The summed E-state index contributed by atoms with van der Waals surface area (Å²) in [5.74, 6) is -5.42. The molecule has 0 bridgehead atoms. The molecule has 0 atom stereocenters. The van der Waals surface area contributed by atoms with E-state index >= 15 is 0 Å². The number of carboxylic acid groups (broad SMARTS) is 6. The summed E-state index contributed by atoms with van der Waals surface area (Å²) in [6, 6.07) is 0. The zero-order chi connectivity index (χ0) is 89.3. The third kappa shape index (κ3) is 161. The number of unbranched alkanes of at least 4 members (excludes halogenated alkanes) is 84. The Labute approximate surface area is 780 Å². The van der Waals surface area contributed by atoms with E-state index in [0.29, 0.717) is 0 Å². The van der Waals surface area contributed by atoms with Gasteiger partial charge in [-0.05, 0) is 77.0 Å². The van der Waals surface area contributed by atoms with Crippen molar-refractivity contribution >= 4 is 68.7 Å². The fraction of sp³-hybridized carbons (Fsp3) is 0.944. The van der Waals surface area contributed by atoms with Crippen molar-refractivity contribution < 1.29 is 59.4 Å². The smallest absolute Gasteiger partial charge is 0.550 e. The van der Waals surface area contributed by atoms with Gasteiger partial charge in [0, 0.05) is 35.8 Å². The van der Waals surface area contributed by atoms with Gasteiger partial charge in [0.25, 0.3) is 0 Å². The van der Waals surface area contributed by atoms with Gasteiger partial charge in [-0.2, -0.15) is 0 Å². The standard InChI is InChI=1S/6C18H36O2.B.Sb/c6*1-2-3-4-5-6-7-8-9-10-11-12-13-14-15-16-17-18(19)20;;/h6*2-17H2,1H3,(H,19,20);;/q;;;;;;2*+3/p-6. The minimum absolute atomic E-state index is 0. The molecule has 2 radical (unpaired) electrons. The minimum atomic E-state index is -0.903. The first-order valence-electron chi connectivity index (χ1n) is 53.8. The minimum Gasteiger partial charge on any atom is -0.550 e. The Morgan fingerprint density at radius 2 is 0.164 bits per heavy atom. The first-order chi connectivity index (χ1) is 58.6. The maximum absolute atomic E-state index is 10.2. The molecule has 0 saturated heterocycles. The van der Waals surface area contributed by atoms with E-state index < -0.39 is 35.8 Å². The van der Waals surface area contributed by atoms with E-state index in [9.17, 15) is 59.4 Å². The summed E-state index contributed by atoms with van der Waals surface area (Å²) in [6.07, 6.45) is 119. The van der Waals surface area contributed by atoms with Gasteiger partial charge in [0.15, 0.2) is 0 Å². The van der Waals surface area contributed by atoms with E-state index in [0.717, 1.165) is 77.0 Å². The number of carbonyl (C=O) groups is 6. The third-order valence-corrected chi connectivity index (χ3v) is 23.9. The second-order valence-corrected chi connectivity index (χ2v) is 36.4. The number of carboxylic acids is 6. The SMILES string of the molecule is CCCCCCCCCCCCCCCCCC(=O)[O-].CCCCCCCCCCCCCCCCCC(=O)[O-].CCCCCCCCCCCCCCCCCC(=O)[O-].CCCCCCCCCCCCCCCCCC(=O)[O-].CCCCCCCCCCCCCCCCCC(=O)[O-].CCCCCCCCCCCCCCCCCC(=O)[O-].[B+3].[Sb+3]. The number of hydrogen-bond donors (Lipinski definition) is 0. The number of carbonyl (C=O) groups excluding carboxylic acids is 6. The van der Waals surface area contributed by atoms with Crippen LogP contribution in [0.1, 0.15) is 658 Å². The molecule has 0 aliphatic rings. The number of aliphatic carboxylic acids is 6. The van der Waals surface area contributed by atoms with Gasteiger partial charge in [0.05, 0.1) is 0 Å². The first-order valence-corrected chi connectivity index (χ1v) is 53.8. The van der Waals surface area contributed by atoms with Crippen molar-refractivity contribution in [3.8, 4) is 0 Å². The summed E-state index contributed by atoms with van der Waals surface area (Å²) in [7, 11) is 0. The van der Waals surface area contributed by atoms with Gasteiger partial charge >= 0.3 is 32.8 Å². The van der Waals surface area contributed by atoms with Gasteiger partial charge in [0.2, 0.25) is 0 Å². The third-order valence-electron chi connectivity index (χ3n) is 23.9. The van der Waals surface area contributed by atoms with Crippen LogP contribution in [0.5, 0.6) is 0 Å². The summed E-state index contributed by atoms with van der Waals surface area (Å²) < 4.78 is 0. The molecule has 0 saturated carbocycles. The van der Waals surface area contributed by atoms with E-state index in [1.807, 2.05) is 0 Å². The van der Waals surface area contributed by atoms with Crippen molar-refractivity contribution in [3.05, 3.63) is 0 Å². The fourth-order valence-electron chi connectivity index (χ4n) is 15.8. The van der Waals surface area contributed by atoms with Gasteiger partial charge in [-0.25, -0.2) is 0 Å². The van der Waals surface area contributed by atoms with Crippen molar-refractivity contribution in [3.63, 3.8) is 0 Å². The van der Waals surface area contributed by atoms with Crippen LogP contribution in [0.3, 0.4) is 0 Å². The Balaban J connectivity index is -0.000000212. The Morgan fingerprint density at radius 3 is 0.213 bits per heavy atom. The predicted octanol–water partition coefficient (Wildman–Crippen LogP) is 29.2. The molecule has 0 rings (SSSR count). The van der Waals surface area contributed by atoms with E-state index in [2.05, 4.69) is 41.5 Å². The molecule has 0 N–H and O–H groups in total. The van der Waals surface area contributed by atoms with Gasteiger partial charge in [-0.15, -0.1) is 0 Å². The van der Waals surface area contributed by atoms with Gasteiger partial charge in [-0.3, -0.25) is 0 Å². The zero-order valence-electron chi connectivity index (χ0n) is 82.8. The molecule has 0 amide bonds. The monoisotopic (exact) mass is 1830 g/mol. The molecule has 122 heavy (non-hydrogen) atoms. The molecular formula is C108H210BO12Sb. The van der Waals surface area contributed by atoms with Gasteiger partial charge in [-0.1, -0.05) is 581 Å². The van der Waals surface area contributed by atoms with Crippen LogP contribution >= 0.6 is 0 Å². The molecular weight excluding hydrogens is 1620 g/mol. The van der Waals surface area contributed by atoms with Crippen LogP contribution in [0, 0.1) is 0 Å². The molecule has 14 heteroatoms. The molecule has 722 valence electrons. The van der Waals surface area contributed by atoms with Crippen LogP contribution in [0.4, 0.5) is 0 Å². The predicted molar refractivity (Wildman–Crippen MR) is 519 cm³/mol. The molecule has 0 unspecified atom stereocenters. The Kier molecular flexibility index (Phi) is 146. The Hall–Kier alpha value is -2.30. The summed E-state index contributed by atoms with van der Waals surface area (Å²) in [4.78, 5) is 61.3. The summed E-state index contributed by atoms with van der Waals surface area (Å²) in [6.45, 7) is 13.6. The van der Waals surface area contributed by atoms with Crippen LogP contribution in [0.15, 0.2) is 0 Å². The quantitative estimate of drug-likeness (QED) is 0.0408. The van der Waals surface area contributed by atoms with Crippen LogP contribution in [-0.4, -0.2) is 68.7 Å². The molecule has 0 fully saturated rings. The van der Waals surface area contributed by atoms with Crippen molar-refractivity contribution in [2.24, 2.45) is 0 Å². The molecule has 0 aliphatic carbocycles. The Bertz CT molecular complexity index is 1570. The van der Waals surface area contributed by atoms with Gasteiger partial charge < -0.3 is 59.4 Å². The molecule has 0 aromatic rings. The summed E-state index contributed by atoms with van der Waals surface area (Å²) in [5, 5.41) is 61.3. The van der Waals surface area contributed by atoms with E-state index in [1.54, 1.807) is 0 Å². The van der Waals surface area contributed by atoms with Crippen molar-refractivity contribution in [1.82, 2.24) is 0 Å². The van der Waals surface area contributed by atoms with Crippen molar-refractivity contribution in [2.75, 3.05) is 0 Å². The largest absolute Gasteiger partial charge is 3.00 e. The molecule has 0 heterocycles. The van der Waals surface area contributed by atoms with Crippen molar-refractivity contribution in [2.45, 2.75) is 658 Å². The Morgan fingerprint density at radius 1 is 0.115 bits per heavy atom. The van der Waals surface area contributed by atoms with Crippen molar-refractivity contribution in [1.29, 1.82) is 0 Å². The molecule has 0 spiro atoms. The second kappa shape index (κ2) is 132. The van der Waals surface area contributed by atoms with Crippen LogP contribution in [0.2, 0.25) is 0 Å². The summed E-state index contributed by atoms with van der Waals surface area (Å²) >= 11 is 0. The van der Waals surface area contributed by atoms with Crippen LogP contribution < -0.4 is 30.6 Å². The topological polar surface area (TPSA) is 241 Å². The van der Waals surface area contributed by atoms with E-state index in [4.69, 9.17) is 0 Å². The first kappa shape index (κ1) is 135. The zero-order valence-corrected chi connectivity index (χ0v) is 85.4.